The number of methoxy groups -OCH3 is 2. The first-order valence-corrected chi connectivity index (χ1v) is 6.89. The Morgan fingerprint density at radius 3 is 2.43 bits per heavy atom. The molecule has 0 fully saturated rings. The fourth-order valence-electron chi connectivity index (χ4n) is 1.87. The summed E-state index contributed by atoms with van der Waals surface area (Å²) in [6, 6.07) is 10.1. The molecule has 2 aromatic carbocycles. The second-order valence-corrected chi connectivity index (χ2v) is 4.63. The fourth-order valence-corrected chi connectivity index (χ4v) is 2.09. The summed E-state index contributed by atoms with van der Waals surface area (Å²) in [5, 5.41) is 0. The molecule has 0 spiro atoms. The molecule has 0 saturated heterocycles. The highest BCUT2D eigenvalue weighted by Gasteiger charge is 2.07. The Hall–Kier alpha value is -1.94. The van der Waals surface area contributed by atoms with Crippen molar-refractivity contribution in [2.45, 2.75) is 12.5 Å². The molecule has 21 heavy (non-hydrogen) atoms. The minimum atomic E-state index is -0.415. The summed E-state index contributed by atoms with van der Waals surface area (Å²) in [5.41, 5.74) is 1.56. The van der Waals surface area contributed by atoms with E-state index in [1.165, 1.54) is 13.2 Å². The zero-order valence-electron chi connectivity index (χ0n) is 11.9. The Morgan fingerprint density at radius 2 is 1.81 bits per heavy atom. The van der Waals surface area contributed by atoms with Gasteiger partial charge in [0.2, 0.25) is 0 Å². The largest absolute Gasteiger partial charge is 0.497 e. The van der Waals surface area contributed by atoms with Gasteiger partial charge in [0.05, 0.1) is 20.1 Å². The molecular formula is C16H16ClFO3. The van der Waals surface area contributed by atoms with Gasteiger partial charge in [0.1, 0.15) is 18.1 Å². The van der Waals surface area contributed by atoms with Crippen LogP contribution >= 0.6 is 11.6 Å². The molecule has 5 heteroatoms. The van der Waals surface area contributed by atoms with Gasteiger partial charge in [-0.25, -0.2) is 4.39 Å². The number of benzene rings is 2. The minimum Gasteiger partial charge on any atom is -0.497 e. The van der Waals surface area contributed by atoms with E-state index in [9.17, 15) is 4.39 Å². The first-order valence-electron chi connectivity index (χ1n) is 6.36. The van der Waals surface area contributed by atoms with Crippen LogP contribution in [0.15, 0.2) is 36.4 Å². The van der Waals surface area contributed by atoms with Gasteiger partial charge in [0.15, 0.2) is 11.6 Å². The van der Waals surface area contributed by atoms with Crippen molar-refractivity contribution in [1.29, 1.82) is 0 Å². The van der Waals surface area contributed by atoms with Gasteiger partial charge in [0.25, 0.3) is 0 Å². The molecule has 0 aliphatic rings. The molecule has 3 nitrogen and oxygen atoms in total. The summed E-state index contributed by atoms with van der Waals surface area (Å²) < 4.78 is 29.4. The van der Waals surface area contributed by atoms with Gasteiger partial charge in [-0.3, -0.25) is 0 Å². The molecule has 0 aliphatic heterocycles. The number of ether oxygens (including phenoxy) is 3. The maximum absolute atomic E-state index is 13.6. The van der Waals surface area contributed by atoms with Gasteiger partial charge in [-0.2, -0.15) is 0 Å². The smallest absolute Gasteiger partial charge is 0.165 e. The first-order chi connectivity index (χ1) is 10.2. The van der Waals surface area contributed by atoms with Crippen LogP contribution in [0.4, 0.5) is 4.39 Å². The zero-order valence-corrected chi connectivity index (χ0v) is 12.6. The van der Waals surface area contributed by atoms with Crippen molar-refractivity contribution >= 4 is 11.6 Å². The SMILES string of the molecule is COc1ccc(CCl)c(OCc2ccc(OC)c(F)c2)c1. The molecule has 0 aromatic heterocycles. The van der Waals surface area contributed by atoms with Gasteiger partial charge in [0, 0.05) is 11.6 Å². The van der Waals surface area contributed by atoms with Crippen LogP contribution in [0.2, 0.25) is 0 Å². The predicted molar refractivity (Wildman–Crippen MR) is 79.8 cm³/mol. The van der Waals surface area contributed by atoms with E-state index in [0.29, 0.717) is 22.9 Å². The third-order valence-corrected chi connectivity index (χ3v) is 3.32. The van der Waals surface area contributed by atoms with Crippen LogP contribution in [0.3, 0.4) is 0 Å². The lowest BCUT2D eigenvalue weighted by Gasteiger charge is -2.12. The van der Waals surface area contributed by atoms with Crippen molar-refractivity contribution in [3.63, 3.8) is 0 Å². The van der Waals surface area contributed by atoms with Crippen molar-refractivity contribution in [2.75, 3.05) is 14.2 Å². The van der Waals surface area contributed by atoms with Gasteiger partial charge in [-0.1, -0.05) is 12.1 Å². The van der Waals surface area contributed by atoms with E-state index in [1.807, 2.05) is 12.1 Å². The fraction of sp³-hybridized carbons (Fsp3) is 0.250. The van der Waals surface area contributed by atoms with Crippen LogP contribution in [0, 0.1) is 5.82 Å². The van der Waals surface area contributed by atoms with Gasteiger partial charge in [-0.05, 0) is 23.8 Å². The van der Waals surface area contributed by atoms with Crippen molar-refractivity contribution < 1.29 is 18.6 Å². The molecule has 0 saturated carbocycles. The zero-order chi connectivity index (χ0) is 15.2. The number of hydrogen-bond acceptors (Lipinski definition) is 3. The minimum absolute atomic E-state index is 0.210. The summed E-state index contributed by atoms with van der Waals surface area (Å²) in [6.45, 7) is 0.234. The molecule has 2 aromatic rings. The maximum atomic E-state index is 13.6. The molecule has 0 N–H and O–H groups in total. The summed E-state index contributed by atoms with van der Waals surface area (Å²) in [4.78, 5) is 0. The molecule has 0 bridgehead atoms. The number of hydrogen-bond donors (Lipinski definition) is 0. The standard InChI is InChI=1S/C16H16ClFO3/c1-19-13-5-4-12(9-17)16(8-13)21-10-11-3-6-15(20-2)14(18)7-11/h3-8H,9-10H2,1-2H3. The average molecular weight is 311 g/mol. The van der Waals surface area contributed by atoms with Crippen LogP contribution in [-0.4, -0.2) is 14.2 Å². The molecule has 0 atom stereocenters. The highest BCUT2D eigenvalue weighted by Crippen LogP contribution is 2.27. The van der Waals surface area contributed by atoms with Crippen LogP contribution < -0.4 is 14.2 Å². The summed E-state index contributed by atoms with van der Waals surface area (Å²) in [6.07, 6.45) is 0. The molecule has 0 heterocycles. The van der Waals surface area contributed by atoms with E-state index in [0.717, 1.165) is 5.56 Å². The lowest BCUT2D eigenvalue weighted by atomic mass is 10.2. The average Bonchev–Trinajstić information content (AvgIpc) is 2.52. The van der Waals surface area contributed by atoms with Crippen molar-refractivity contribution in [2.24, 2.45) is 0 Å². The Morgan fingerprint density at radius 1 is 1.00 bits per heavy atom. The molecule has 0 amide bonds. The van der Waals surface area contributed by atoms with Gasteiger partial charge in [-0.15, -0.1) is 11.6 Å². The van der Waals surface area contributed by atoms with Crippen LogP contribution in [0.1, 0.15) is 11.1 Å². The van der Waals surface area contributed by atoms with E-state index < -0.39 is 5.82 Å². The quantitative estimate of drug-likeness (QED) is 0.750. The van der Waals surface area contributed by atoms with Crippen molar-refractivity contribution in [1.82, 2.24) is 0 Å². The third kappa shape index (κ3) is 3.79. The summed E-state index contributed by atoms with van der Waals surface area (Å²) in [7, 11) is 3.01. The van der Waals surface area contributed by atoms with E-state index in [2.05, 4.69) is 0 Å². The van der Waals surface area contributed by atoms with Crippen LogP contribution in [-0.2, 0) is 12.5 Å². The molecule has 0 unspecified atom stereocenters. The topological polar surface area (TPSA) is 27.7 Å². The Balaban J connectivity index is 2.13. The maximum Gasteiger partial charge on any atom is 0.165 e. The van der Waals surface area contributed by atoms with E-state index in [-0.39, 0.29) is 12.4 Å². The Kier molecular flexibility index (Phi) is 5.28. The molecular weight excluding hydrogens is 295 g/mol. The van der Waals surface area contributed by atoms with Gasteiger partial charge >= 0.3 is 0 Å². The Labute approximate surface area is 128 Å². The lowest BCUT2D eigenvalue weighted by Crippen LogP contribution is -2.00. The lowest BCUT2D eigenvalue weighted by molar-refractivity contribution is 0.300. The second kappa shape index (κ2) is 7.18. The predicted octanol–water partition coefficient (Wildman–Crippen LogP) is 4.16. The highest BCUT2D eigenvalue weighted by atomic mass is 35.5. The highest BCUT2D eigenvalue weighted by molar-refractivity contribution is 6.17. The van der Waals surface area contributed by atoms with Crippen LogP contribution in [0.5, 0.6) is 17.2 Å². The molecule has 112 valence electrons. The normalized spacial score (nSPS) is 10.3. The second-order valence-electron chi connectivity index (χ2n) is 4.36. The van der Waals surface area contributed by atoms with Gasteiger partial charge < -0.3 is 14.2 Å². The number of halogens is 2. The molecule has 2 rings (SSSR count). The monoisotopic (exact) mass is 310 g/mol. The van der Waals surface area contributed by atoms with E-state index in [1.54, 1.807) is 25.3 Å². The number of alkyl halides is 1. The molecule has 0 aliphatic carbocycles. The van der Waals surface area contributed by atoms with E-state index in [4.69, 9.17) is 25.8 Å². The summed E-state index contributed by atoms with van der Waals surface area (Å²) in [5.74, 6) is 1.43. The number of rotatable bonds is 6. The third-order valence-electron chi connectivity index (χ3n) is 3.03. The Bertz CT molecular complexity index is 616. The summed E-state index contributed by atoms with van der Waals surface area (Å²) >= 11 is 5.88. The van der Waals surface area contributed by atoms with Crippen molar-refractivity contribution in [3.05, 3.63) is 53.3 Å². The van der Waals surface area contributed by atoms with Crippen molar-refractivity contribution in [3.8, 4) is 17.2 Å². The van der Waals surface area contributed by atoms with Crippen LogP contribution in [0.25, 0.3) is 0 Å². The van der Waals surface area contributed by atoms with E-state index >= 15 is 0 Å². The first kappa shape index (κ1) is 15.4. The molecule has 0 radical (unpaired) electrons.